The lowest BCUT2D eigenvalue weighted by molar-refractivity contribution is -0.132. The molecule has 0 atom stereocenters. The molecule has 0 spiro atoms. The first-order chi connectivity index (χ1) is 13.6. The molecular formula is C23H27N3O2. The van der Waals surface area contributed by atoms with Gasteiger partial charge < -0.3 is 10.0 Å². The number of nitrogens with zero attached hydrogens (tertiary/aromatic N) is 3. The monoisotopic (exact) mass is 377 g/mol. The van der Waals surface area contributed by atoms with Gasteiger partial charge in [0.25, 0.3) is 0 Å². The Bertz CT molecular complexity index is 901. The highest BCUT2D eigenvalue weighted by Gasteiger charge is 2.13. The summed E-state index contributed by atoms with van der Waals surface area (Å²) in [4.78, 5) is 14.4. The summed E-state index contributed by atoms with van der Waals surface area (Å²) in [7, 11) is 0. The fourth-order valence-corrected chi connectivity index (χ4v) is 3.32. The van der Waals surface area contributed by atoms with Crippen LogP contribution in [0.3, 0.4) is 0 Å². The normalized spacial score (nSPS) is 10.8. The molecule has 0 bridgehead atoms. The van der Waals surface area contributed by atoms with Gasteiger partial charge in [-0.15, -0.1) is 0 Å². The van der Waals surface area contributed by atoms with Gasteiger partial charge >= 0.3 is 0 Å². The first-order valence-electron chi connectivity index (χ1n) is 9.62. The summed E-state index contributed by atoms with van der Waals surface area (Å²) in [6.45, 7) is 4.86. The SMILES string of the molecule is Cc1cc(C)n(-c2ccc(CCC(=O)N(CCO)Cc3ccccc3)cc2)n1. The van der Waals surface area contributed by atoms with Gasteiger partial charge in [-0.3, -0.25) is 4.79 Å². The van der Waals surface area contributed by atoms with E-state index in [0.717, 1.165) is 28.2 Å². The molecule has 0 aliphatic heterocycles. The largest absolute Gasteiger partial charge is 0.395 e. The number of carbonyl (C=O) groups excluding carboxylic acids is 1. The number of rotatable bonds is 8. The van der Waals surface area contributed by atoms with Crippen LogP contribution in [-0.2, 0) is 17.8 Å². The Hall–Kier alpha value is -2.92. The lowest BCUT2D eigenvalue weighted by Gasteiger charge is -2.22. The average molecular weight is 377 g/mol. The summed E-state index contributed by atoms with van der Waals surface area (Å²) < 4.78 is 1.92. The molecule has 0 radical (unpaired) electrons. The van der Waals surface area contributed by atoms with Crippen molar-refractivity contribution in [1.29, 1.82) is 0 Å². The predicted molar refractivity (Wildman–Crippen MR) is 110 cm³/mol. The Balaban J connectivity index is 1.60. The lowest BCUT2D eigenvalue weighted by Crippen LogP contribution is -2.33. The van der Waals surface area contributed by atoms with Gasteiger partial charge in [0.15, 0.2) is 0 Å². The van der Waals surface area contributed by atoms with Gasteiger partial charge in [0.05, 0.1) is 18.0 Å². The van der Waals surface area contributed by atoms with E-state index in [1.807, 2.05) is 73.1 Å². The quantitative estimate of drug-likeness (QED) is 0.654. The Labute approximate surface area is 166 Å². The number of hydrogen-bond acceptors (Lipinski definition) is 3. The summed E-state index contributed by atoms with van der Waals surface area (Å²) in [6.07, 6.45) is 1.10. The number of aliphatic hydroxyl groups excluding tert-OH is 1. The molecule has 1 N–H and O–H groups in total. The molecule has 0 aliphatic carbocycles. The number of aliphatic hydroxyl groups is 1. The maximum absolute atomic E-state index is 12.6. The van der Waals surface area contributed by atoms with Crippen LogP contribution in [0.1, 0.15) is 28.9 Å². The first-order valence-corrected chi connectivity index (χ1v) is 9.62. The van der Waals surface area contributed by atoms with E-state index in [9.17, 15) is 9.90 Å². The number of aryl methyl sites for hydroxylation is 3. The van der Waals surface area contributed by atoms with Crippen molar-refractivity contribution in [3.63, 3.8) is 0 Å². The Morgan fingerprint density at radius 3 is 2.36 bits per heavy atom. The van der Waals surface area contributed by atoms with Crippen LogP contribution < -0.4 is 0 Å². The molecule has 3 aromatic rings. The van der Waals surface area contributed by atoms with Crippen LogP contribution in [0.4, 0.5) is 0 Å². The van der Waals surface area contributed by atoms with Crippen molar-refractivity contribution in [3.05, 3.63) is 83.2 Å². The van der Waals surface area contributed by atoms with Crippen molar-refractivity contribution in [2.24, 2.45) is 0 Å². The van der Waals surface area contributed by atoms with E-state index in [1.54, 1.807) is 4.90 Å². The highest BCUT2D eigenvalue weighted by Crippen LogP contribution is 2.15. The summed E-state index contributed by atoms with van der Waals surface area (Å²) >= 11 is 0. The second-order valence-corrected chi connectivity index (χ2v) is 7.03. The third-order valence-corrected chi connectivity index (χ3v) is 4.76. The van der Waals surface area contributed by atoms with Crippen LogP contribution in [0.15, 0.2) is 60.7 Å². The number of aromatic nitrogens is 2. The molecule has 3 rings (SSSR count). The van der Waals surface area contributed by atoms with E-state index in [2.05, 4.69) is 11.2 Å². The van der Waals surface area contributed by atoms with Gasteiger partial charge in [-0.2, -0.15) is 5.10 Å². The van der Waals surface area contributed by atoms with Crippen LogP contribution in [0, 0.1) is 13.8 Å². The maximum atomic E-state index is 12.6. The number of hydrogen-bond donors (Lipinski definition) is 1. The third kappa shape index (κ3) is 5.08. The minimum Gasteiger partial charge on any atom is -0.395 e. The zero-order valence-corrected chi connectivity index (χ0v) is 16.5. The molecule has 5 heteroatoms. The zero-order valence-electron chi connectivity index (χ0n) is 16.5. The first kappa shape index (κ1) is 19.8. The molecule has 0 saturated heterocycles. The van der Waals surface area contributed by atoms with Gasteiger partial charge in [-0.25, -0.2) is 4.68 Å². The summed E-state index contributed by atoms with van der Waals surface area (Å²) in [6, 6.07) is 20.1. The van der Waals surface area contributed by atoms with Crippen molar-refractivity contribution >= 4 is 5.91 Å². The Morgan fingerprint density at radius 1 is 1.04 bits per heavy atom. The van der Waals surface area contributed by atoms with Crippen molar-refractivity contribution in [2.45, 2.75) is 33.2 Å². The molecule has 2 aromatic carbocycles. The van der Waals surface area contributed by atoms with Crippen molar-refractivity contribution in [3.8, 4) is 5.69 Å². The zero-order chi connectivity index (χ0) is 19.9. The maximum Gasteiger partial charge on any atom is 0.223 e. The molecule has 146 valence electrons. The molecule has 1 aromatic heterocycles. The fraction of sp³-hybridized carbons (Fsp3) is 0.304. The molecule has 0 saturated carbocycles. The highest BCUT2D eigenvalue weighted by atomic mass is 16.3. The second kappa shape index (κ2) is 9.33. The molecular weight excluding hydrogens is 350 g/mol. The minimum atomic E-state index is -0.0318. The average Bonchev–Trinajstić information content (AvgIpc) is 3.05. The summed E-state index contributed by atoms with van der Waals surface area (Å²) in [5, 5.41) is 13.8. The van der Waals surface area contributed by atoms with E-state index >= 15 is 0 Å². The van der Waals surface area contributed by atoms with Crippen LogP contribution in [0.25, 0.3) is 5.69 Å². The van der Waals surface area contributed by atoms with E-state index in [4.69, 9.17) is 0 Å². The van der Waals surface area contributed by atoms with Crippen molar-refractivity contribution < 1.29 is 9.90 Å². The predicted octanol–water partition coefficient (Wildman–Crippen LogP) is 3.44. The Kier molecular flexibility index (Phi) is 6.61. The lowest BCUT2D eigenvalue weighted by atomic mass is 10.1. The summed E-state index contributed by atoms with van der Waals surface area (Å²) in [5.74, 6) is 0.0560. The van der Waals surface area contributed by atoms with Gasteiger partial charge in [0, 0.05) is 25.2 Å². The summed E-state index contributed by atoms with van der Waals surface area (Å²) in [5.41, 5.74) is 5.29. The van der Waals surface area contributed by atoms with Gasteiger partial charge in [-0.1, -0.05) is 42.5 Å². The third-order valence-electron chi connectivity index (χ3n) is 4.76. The van der Waals surface area contributed by atoms with Crippen molar-refractivity contribution in [1.82, 2.24) is 14.7 Å². The number of amides is 1. The topological polar surface area (TPSA) is 58.4 Å². The number of carbonyl (C=O) groups is 1. The van der Waals surface area contributed by atoms with Crippen LogP contribution in [0.5, 0.6) is 0 Å². The van der Waals surface area contributed by atoms with Crippen LogP contribution in [0.2, 0.25) is 0 Å². The van der Waals surface area contributed by atoms with Crippen LogP contribution >= 0.6 is 0 Å². The van der Waals surface area contributed by atoms with Crippen molar-refractivity contribution in [2.75, 3.05) is 13.2 Å². The highest BCUT2D eigenvalue weighted by molar-refractivity contribution is 5.76. The molecule has 28 heavy (non-hydrogen) atoms. The minimum absolute atomic E-state index is 0.0318. The van der Waals surface area contributed by atoms with Crippen LogP contribution in [-0.4, -0.2) is 38.8 Å². The molecule has 0 fully saturated rings. The molecule has 1 heterocycles. The second-order valence-electron chi connectivity index (χ2n) is 7.03. The van der Waals surface area contributed by atoms with Gasteiger partial charge in [0.2, 0.25) is 5.91 Å². The van der Waals surface area contributed by atoms with Gasteiger partial charge in [-0.05, 0) is 49.6 Å². The molecule has 0 aliphatic rings. The Morgan fingerprint density at radius 2 is 1.75 bits per heavy atom. The number of benzene rings is 2. The van der Waals surface area contributed by atoms with Gasteiger partial charge in [0.1, 0.15) is 0 Å². The van der Waals surface area contributed by atoms with E-state index in [0.29, 0.717) is 25.9 Å². The van der Waals surface area contributed by atoms with E-state index < -0.39 is 0 Å². The smallest absolute Gasteiger partial charge is 0.223 e. The van der Waals surface area contributed by atoms with E-state index in [-0.39, 0.29) is 12.5 Å². The molecule has 1 amide bonds. The molecule has 0 unspecified atom stereocenters. The fourth-order valence-electron chi connectivity index (χ4n) is 3.32. The standard InChI is InChI=1S/C23H27N3O2/c1-18-16-19(2)26(24-18)22-11-8-20(9-12-22)10-13-23(28)25(14-15-27)17-21-6-4-3-5-7-21/h3-9,11-12,16,27H,10,13-15,17H2,1-2H3. The van der Waals surface area contributed by atoms with E-state index in [1.165, 1.54) is 0 Å². The molecule has 5 nitrogen and oxygen atoms in total.